The molecule has 3 nitrogen and oxygen atoms in total. The fourth-order valence-electron chi connectivity index (χ4n) is 3.00. The van der Waals surface area contributed by atoms with Gasteiger partial charge in [0.2, 0.25) is 0 Å². The number of benzene rings is 1. The molecule has 0 saturated heterocycles. The van der Waals surface area contributed by atoms with Crippen molar-refractivity contribution in [2.24, 2.45) is 5.92 Å². The average Bonchev–Trinajstić information content (AvgIpc) is 2.61. The monoisotopic (exact) mass is 374 g/mol. The number of aromatic nitrogens is 2. The highest BCUT2D eigenvalue weighted by molar-refractivity contribution is 9.10. The Kier molecular flexibility index (Phi) is 5.65. The van der Waals surface area contributed by atoms with E-state index in [1.807, 2.05) is 30.6 Å². The van der Waals surface area contributed by atoms with Crippen molar-refractivity contribution in [3.8, 4) is 17.1 Å². The van der Waals surface area contributed by atoms with Gasteiger partial charge in [0.25, 0.3) is 0 Å². The molecule has 0 unspecified atom stereocenters. The van der Waals surface area contributed by atoms with Crippen LogP contribution in [0, 0.1) is 5.92 Å². The van der Waals surface area contributed by atoms with Crippen molar-refractivity contribution in [1.29, 1.82) is 0 Å². The topological polar surface area (TPSA) is 35.0 Å². The molecule has 1 aliphatic rings. The lowest BCUT2D eigenvalue weighted by atomic mass is 9.90. The van der Waals surface area contributed by atoms with Gasteiger partial charge in [0, 0.05) is 18.0 Å². The van der Waals surface area contributed by atoms with Crippen LogP contribution >= 0.6 is 15.9 Å². The molecule has 1 heterocycles. The molecular formula is C19H23BrN2O. The van der Waals surface area contributed by atoms with Crippen molar-refractivity contribution >= 4 is 15.9 Å². The quantitative estimate of drug-likeness (QED) is 0.699. The van der Waals surface area contributed by atoms with E-state index in [2.05, 4.69) is 32.8 Å². The third-order valence-electron chi connectivity index (χ3n) is 4.50. The maximum Gasteiger partial charge on any atom is 0.159 e. The fourth-order valence-corrected chi connectivity index (χ4v) is 3.50. The van der Waals surface area contributed by atoms with Crippen molar-refractivity contribution < 1.29 is 4.74 Å². The molecule has 0 aliphatic heterocycles. The maximum atomic E-state index is 6.02. The largest absolute Gasteiger partial charge is 0.492 e. The highest BCUT2D eigenvalue weighted by atomic mass is 79.9. The van der Waals surface area contributed by atoms with Gasteiger partial charge in [0.05, 0.1) is 11.1 Å². The SMILES string of the molecule is CCc1cnc(-c2ccc(OCC3CCCCC3)c(Br)c2)nc1. The molecule has 3 rings (SSSR count). The summed E-state index contributed by atoms with van der Waals surface area (Å²) in [6.07, 6.45) is 11.4. The molecule has 2 aromatic rings. The number of aryl methyl sites for hydroxylation is 1. The predicted octanol–water partition coefficient (Wildman–Crippen LogP) is 5.43. The Morgan fingerprint density at radius 3 is 2.52 bits per heavy atom. The Labute approximate surface area is 146 Å². The Bertz CT molecular complexity index is 636. The van der Waals surface area contributed by atoms with Crippen LogP contribution in [0.5, 0.6) is 5.75 Å². The van der Waals surface area contributed by atoms with Gasteiger partial charge in [-0.05, 0) is 64.9 Å². The van der Waals surface area contributed by atoms with Crippen molar-refractivity contribution in [3.05, 3.63) is 40.6 Å². The van der Waals surface area contributed by atoms with Gasteiger partial charge in [-0.15, -0.1) is 0 Å². The summed E-state index contributed by atoms with van der Waals surface area (Å²) in [6, 6.07) is 6.08. The van der Waals surface area contributed by atoms with Crippen molar-refractivity contribution in [1.82, 2.24) is 9.97 Å². The van der Waals surface area contributed by atoms with Crippen LogP contribution in [-0.2, 0) is 6.42 Å². The number of hydrogen-bond acceptors (Lipinski definition) is 3. The molecule has 1 saturated carbocycles. The first-order chi connectivity index (χ1) is 11.3. The first-order valence-electron chi connectivity index (χ1n) is 8.50. The summed E-state index contributed by atoms with van der Waals surface area (Å²) in [5.41, 5.74) is 2.16. The van der Waals surface area contributed by atoms with Gasteiger partial charge in [0.1, 0.15) is 5.75 Å². The minimum absolute atomic E-state index is 0.709. The predicted molar refractivity (Wildman–Crippen MR) is 96.6 cm³/mol. The minimum Gasteiger partial charge on any atom is -0.492 e. The molecule has 0 amide bonds. The standard InChI is InChI=1S/C19H23BrN2O/c1-2-14-11-21-19(22-12-14)16-8-9-18(17(20)10-16)23-13-15-6-4-3-5-7-15/h8-12,15H,2-7,13H2,1H3. The van der Waals surface area contributed by atoms with E-state index in [-0.39, 0.29) is 0 Å². The molecule has 1 aromatic carbocycles. The van der Waals surface area contributed by atoms with Crippen LogP contribution in [0.4, 0.5) is 0 Å². The third kappa shape index (κ3) is 4.31. The number of ether oxygens (including phenoxy) is 1. The van der Waals surface area contributed by atoms with E-state index in [1.54, 1.807) is 0 Å². The number of nitrogens with zero attached hydrogens (tertiary/aromatic N) is 2. The molecule has 0 N–H and O–H groups in total. The van der Waals surface area contributed by atoms with Crippen LogP contribution in [0.2, 0.25) is 0 Å². The van der Waals surface area contributed by atoms with Crippen molar-refractivity contribution in [2.45, 2.75) is 45.4 Å². The Hall–Kier alpha value is -1.42. The Balaban J connectivity index is 1.67. The molecule has 23 heavy (non-hydrogen) atoms. The van der Waals surface area contributed by atoms with Crippen molar-refractivity contribution in [2.75, 3.05) is 6.61 Å². The first kappa shape index (κ1) is 16.4. The third-order valence-corrected chi connectivity index (χ3v) is 5.12. The van der Waals surface area contributed by atoms with Gasteiger partial charge < -0.3 is 4.74 Å². The van der Waals surface area contributed by atoms with Crippen LogP contribution in [0.15, 0.2) is 35.1 Å². The zero-order valence-electron chi connectivity index (χ0n) is 13.6. The van der Waals surface area contributed by atoms with Gasteiger partial charge in [-0.1, -0.05) is 26.2 Å². The summed E-state index contributed by atoms with van der Waals surface area (Å²) in [4.78, 5) is 8.87. The highest BCUT2D eigenvalue weighted by Crippen LogP contribution is 2.31. The van der Waals surface area contributed by atoms with Gasteiger partial charge >= 0.3 is 0 Å². The summed E-state index contributed by atoms with van der Waals surface area (Å²) < 4.78 is 6.98. The summed E-state index contributed by atoms with van der Waals surface area (Å²) in [6.45, 7) is 2.92. The molecular weight excluding hydrogens is 352 g/mol. The van der Waals surface area contributed by atoms with Crippen LogP contribution in [-0.4, -0.2) is 16.6 Å². The van der Waals surface area contributed by atoms with Crippen molar-refractivity contribution in [3.63, 3.8) is 0 Å². The molecule has 1 aromatic heterocycles. The molecule has 4 heteroatoms. The molecule has 0 bridgehead atoms. The summed E-state index contributed by atoms with van der Waals surface area (Å²) in [7, 11) is 0. The second-order valence-corrected chi connectivity index (χ2v) is 7.08. The molecule has 0 radical (unpaired) electrons. The van der Waals surface area contributed by atoms with E-state index in [4.69, 9.17) is 4.74 Å². The number of rotatable bonds is 5. The number of hydrogen-bond donors (Lipinski definition) is 0. The first-order valence-corrected chi connectivity index (χ1v) is 9.29. The van der Waals surface area contributed by atoms with Crippen LogP contribution in [0.1, 0.15) is 44.6 Å². The zero-order chi connectivity index (χ0) is 16.1. The van der Waals surface area contributed by atoms with Crippen LogP contribution < -0.4 is 4.74 Å². The van der Waals surface area contributed by atoms with E-state index in [0.29, 0.717) is 5.92 Å². The minimum atomic E-state index is 0.709. The Morgan fingerprint density at radius 2 is 1.87 bits per heavy atom. The maximum absolute atomic E-state index is 6.02. The van der Waals surface area contributed by atoms with E-state index in [9.17, 15) is 0 Å². The molecule has 122 valence electrons. The second kappa shape index (κ2) is 7.91. The Morgan fingerprint density at radius 1 is 1.13 bits per heavy atom. The van der Waals surface area contributed by atoms with E-state index >= 15 is 0 Å². The van der Waals surface area contributed by atoms with Gasteiger partial charge in [0.15, 0.2) is 5.82 Å². The van der Waals surface area contributed by atoms with E-state index in [1.165, 1.54) is 32.1 Å². The lowest BCUT2D eigenvalue weighted by Crippen LogP contribution is -2.15. The normalized spacial score (nSPS) is 15.6. The van der Waals surface area contributed by atoms with E-state index < -0.39 is 0 Å². The lowest BCUT2D eigenvalue weighted by Gasteiger charge is -2.22. The summed E-state index contributed by atoms with van der Waals surface area (Å²) >= 11 is 3.62. The van der Waals surface area contributed by atoms with Crippen LogP contribution in [0.25, 0.3) is 11.4 Å². The van der Waals surface area contributed by atoms with E-state index in [0.717, 1.165) is 40.2 Å². The highest BCUT2D eigenvalue weighted by Gasteiger charge is 2.15. The lowest BCUT2D eigenvalue weighted by molar-refractivity contribution is 0.208. The van der Waals surface area contributed by atoms with Gasteiger partial charge in [-0.25, -0.2) is 9.97 Å². The average molecular weight is 375 g/mol. The zero-order valence-corrected chi connectivity index (χ0v) is 15.2. The molecule has 0 spiro atoms. The fraction of sp³-hybridized carbons (Fsp3) is 0.474. The smallest absolute Gasteiger partial charge is 0.159 e. The van der Waals surface area contributed by atoms with Crippen LogP contribution in [0.3, 0.4) is 0 Å². The number of halogens is 1. The summed E-state index contributed by atoms with van der Waals surface area (Å²) in [5.74, 6) is 2.37. The molecule has 0 atom stereocenters. The summed E-state index contributed by atoms with van der Waals surface area (Å²) in [5, 5.41) is 0. The second-order valence-electron chi connectivity index (χ2n) is 6.23. The molecule has 1 fully saturated rings. The van der Waals surface area contributed by atoms with Gasteiger partial charge in [-0.2, -0.15) is 0 Å². The molecule has 1 aliphatic carbocycles. The van der Waals surface area contributed by atoms with Gasteiger partial charge in [-0.3, -0.25) is 0 Å².